The van der Waals surface area contributed by atoms with E-state index in [1.165, 1.54) is 5.56 Å². The smallest absolute Gasteiger partial charge is 0.183 e. The molecule has 0 saturated heterocycles. The first kappa shape index (κ1) is 12.4. The Kier molecular flexibility index (Phi) is 3.51. The lowest BCUT2D eigenvalue weighted by Gasteiger charge is -2.18. The van der Waals surface area contributed by atoms with Gasteiger partial charge in [0.15, 0.2) is 5.78 Å². The molecule has 0 radical (unpaired) electrons. The molecule has 1 aromatic carbocycles. The number of hydrogen-bond acceptors (Lipinski definition) is 2. The van der Waals surface area contributed by atoms with Crippen molar-refractivity contribution in [2.45, 2.75) is 6.92 Å². The zero-order valence-electron chi connectivity index (χ0n) is 11.1. The van der Waals surface area contributed by atoms with Crippen LogP contribution in [0.5, 0.6) is 0 Å². The van der Waals surface area contributed by atoms with Crippen LogP contribution in [0.25, 0.3) is 0 Å². The summed E-state index contributed by atoms with van der Waals surface area (Å²) in [5, 5.41) is 0. The van der Waals surface area contributed by atoms with Crippen LogP contribution in [-0.4, -0.2) is 23.9 Å². The normalized spacial score (nSPS) is 10.4. The van der Waals surface area contributed by atoms with E-state index in [4.69, 9.17) is 0 Å². The van der Waals surface area contributed by atoms with Crippen molar-refractivity contribution >= 4 is 11.5 Å². The van der Waals surface area contributed by atoms with E-state index < -0.39 is 0 Å². The number of hydrogen-bond donors (Lipinski definition) is 0. The van der Waals surface area contributed by atoms with Crippen LogP contribution in [0.4, 0.5) is 5.69 Å². The molecule has 1 aromatic heterocycles. The molecule has 0 unspecified atom stereocenters. The standard InChI is InChI=1S/C15H18N2O/c1-12-5-4-6-14(9-12)17(3)11-15(18)13-7-8-16(2)10-13/h4-10H,11H2,1-3H3. The summed E-state index contributed by atoms with van der Waals surface area (Å²) in [5.74, 6) is 0.139. The highest BCUT2D eigenvalue weighted by molar-refractivity contribution is 5.99. The molecular formula is C15H18N2O. The Morgan fingerprint density at radius 1 is 1.33 bits per heavy atom. The van der Waals surface area contributed by atoms with Gasteiger partial charge in [0.2, 0.25) is 0 Å². The Morgan fingerprint density at radius 2 is 2.11 bits per heavy atom. The molecule has 2 aromatic rings. The van der Waals surface area contributed by atoms with Gasteiger partial charge in [0.25, 0.3) is 0 Å². The van der Waals surface area contributed by atoms with Gasteiger partial charge in [-0.2, -0.15) is 0 Å². The molecule has 0 aliphatic carbocycles. The van der Waals surface area contributed by atoms with Crippen molar-refractivity contribution in [3.8, 4) is 0 Å². The first-order chi connectivity index (χ1) is 8.56. The molecule has 94 valence electrons. The third-order valence-corrected chi connectivity index (χ3v) is 2.98. The fraction of sp³-hybridized carbons (Fsp3) is 0.267. The summed E-state index contributed by atoms with van der Waals surface area (Å²) in [4.78, 5) is 14.0. The molecule has 3 nitrogen and oxygen atoms in total. The molecule has 3 heteroatoms. The summed E-state index contributed by atoms with van der Waals surface area (Å²) in [5.41, 5.74) is 3.03. The molecule has 0 saturated carbocycles. The topological polar surface area (TPSA) is 25.2 Å². The highest BCUT2D eigenvalue weighted by Gasteiger charge is 2.10. The lowest BCUT2D eigenvalue weighted by atomic mass is 10.2. The van der Waals surface area contributed by atoms with Crippen molar-refractivity contribution in [1.82, 2.24) is 4.57 Å². The maximum Gasteiger partial charge on any atom is 0.183 e. The number of aromatic nitrogens is 1. The minimum absolute atomic E-state index is 0.139. The summed E-state index contributed by atoms with van der Waals surface area (Å²) in [7, 11) is 3.86. The molecular weight excluding hydrogens is 224 g/mol. The molecule has 1 heterocycles. The van der Waals surface area contributed by atoms with Crippen LogP contribution in [0.2, 0.25) is 0 Å². The number of likely N-dealkylation sites (N-methyl/N-ethyl adjacent to an activating group) is 1. The minimum atomic E-state index is 0.139. The molecule has 0 aliphatic heterocycles. The summed E-state index contributed by atoms with van der Waals surface area (Å²) in [6.45, 7) is 2.45. The second kappa shape index (κ2) is 5.08. The number of ketones is 1. The Morgan fingerprint density at radius 3 is 2.72 bits per heavy atom. The number of nitrogens with zero attached hydrogens (tertiary/aromatic N) is 2. The first-order valence-corrected chi connectivity index (χ1v) is 5.99. The molecule has 0 amide bonds. The Bertz CT molecular complexity index is 557. The van der Waals surface area contributed by atoms with Gasteiger partial charge in [0.1, 0.15) is 0 Å². The van der Waals surface area contributed by atoms with Crippen molar-refractivity contribution < 1.29 is 4.79 Å². The Hall–Kier alpha value is -2.03. The van der Waals surface area contributed by atoms with E-state index in [9.17, 15) is 4.79 Å². The average molecular weight is 242 g/mol. The van der Waals surface area contributed by atoms with Gasteiger partial charge in [-0.05, 0) is 30.7 Å². The minimum Gasteiger partial charge on any atom is -0.367 e. The maximum atomic E-state index is 12.1. The fourth-order valence-electron chi connectivity index (χ4n) is 1.93. The van der Waals surface area contributed by atoms with E-state index >= 15 is 0 Å². The van der Waals surface area contributed by atoms with Crippen LogP contribution in [0.1, 0.15) is 15.9 Å². The van der Waals surface area contributed by atoms with E-state index in [-0.39, 0.29) is 5.78 Å². The van der Waals surface area contributed by atoms with Crippen LogP contribution in [0.3, 0.4) is 0 Å². The van der Waals surface area contributed by atoms with E-state index in [0.717, 1.165) is 11.3 Å². The average Bonchev–Trinajstić information content (AvgIpc) is 2.76. The molecule has 0 bridgehead atoms. The summed E-state index contributed by atoms with van der Waals surface area (Å²) in [6.07, 6.45) is 3.74. The van der Waals surface area contributed by atoms with Gasteiger partial charge in [-0.1, -0.05) is 12.1 Å². The zero-order valence-corrected chi connectivity index (χ0v) is 11.1. The van der Waals surface area contributed by atoms with Crippen molar-refractivity contribution in [3.63, 3.8) is 0 Å². The van der Waals surface area contributed by atoms with Crippen LogP contribution in [0.15, 0.2) is 42.7 Å². The van der Waals surface area contributed by atoms with Gasteiger partial charge in [-0.15, -0.1) is 0 Å². The molecule has 0 aliphatic rings. The third kappa shape index (κ3) is 2.80. The lowest BCUT2D eigenvalue weighted by molar-refractivity contribution is 0.100. The monoisotopic (exact) mass is 242 g/mol. The van der Waals surface area contributed by atoms with Crippen LogP contribution in [0, 0.1) is 6.92 Å². The van der Waals surface area contributed by atoms with Gasteiger partial charge in [0, 0.05) is 37.7 Å². The molecule has 0 atom stereocenters. The molecule has 0 N–H and O–H groups in total. The maximum absolute atomic E-state index is 12.1. The number of Topliss-reactive ketones (excluding diaryl/α,β-unsaturated/α-hetero) is 1. The predicted octanol–water partition coefficient (Wildman–Crippen LogP) is 2.65. The Labute approximate surface area is 108 Å². The Balaban J connectivity index is 2.07. The summed E-state index contributed by atoms with van der Waals surface area (Å²) < 4.78 is 1.89. The second-order valence-corrected chi connectivity index (χ2v) is 4.68. The van der Waals surface area contributed by atoms with Gasteiger partial charge >= 0.3 is 0 Å². The second-order valence-electron chi connectivity index (χ2n) is 4.68. The molecule has 0 fully saturated rings. The number of benzene rings is 1. The quantitative estimate of drug-likeness (QED) is 0.770. The highest BCUT2D eigenvalue weighted by atomic mass is 16.1. The summed E-state index contributed by atoms with van der Waals surface area (Å²) in [6, 6.07) is 10.0. The highest BCUT2D eigenvalue weighted by Crippen LogP contribution is 2.14. The predicted molar refractivity (Wildman–Crippen MR) is 74.2 cm³/mol. The van der Waals surface area contributed by atoms with Crippen molar-refractivity contribution in [3.05, 3.63) is 53.9 Å². The van der Waals surface area contributed by atoms with Gasteiger partial charge < -0.3 is 9.47 Å². The molecule has 2 rings (SSSR count). The van der Waals surface area contributed by atoms with Crippen molar-refractivity contribution in [2.75, 3.05) is 18.5 Å². The van der Waals surface area contributed by atoms with Gasteiger partial charge in [-0.25, -0.2) is 0 Å². The zero-order chi connectivity index (χ0) is 13.1. The van der Waals surface area contributed by atoms with Crippen molar-refractivity contribution in [1.29, 1.82) is 0 Å². The van der Waals surface area contributed by atoms with Crippen LogP contribution in [-0.2, 0) is 7.05 Å². The van der Waals surface area contributed by atoms with Crippen molar-refractivity contribution in [2.24, 2.45) is 7.05 Å². The van der Waals surface area contributed by atoms with Gasteiger partial charge in [-0.3, -0.25) is 4.79 Å². The number of carbonyl (C=O) groups excluding carboxylic acids is 1. The number of aryl methyl sites for hydroxylation is 2. The van der Waals surface area contributed by atoms with E-state index in [1.807, 2.05) is 54.2 Å². The van der Waals surface area contributed by atoms with E-state index in [2.05, 4.69) is 19.1 Å². The SMILES string of the molecule is Cc1cccc(N(C)CC(=O)c2ccn(C)c2)c1. The number of rotatable bonds is 4. The van der Waals surface area contributed by atoms with Crippen LogP contribution < -0.4 is 4.90 Å². The first-order valence-electron chi connectivity index (χ1n) is 5.99. The lowest BCUT2D eigenvalue weighted by Crippen LogP contribution is -2.25. The largest absolute Gasteiger partial charge is 0.367 e. The molecule has 0 spiro atoms. The number of anilines is 1. The van der Waals surface area contributed by atoms with E-state index in [0.29, 0.717) is 6.54 Å². The van der Waals surface area contributed by atoms with Gasteiger partial charge in [0.05, 0.1) is 6.54 Å². The number of carbonyl (C=O) groups is 1. The van der Waals surface area contributed by atoms with E-state index in [1.54, 1.807) is 0 Å². The third-order valence-electron chi connectivity index (χ3n) is 2.98. The molecule has 18 heavy (non-hydrogen) atoms. The van der Waals surface area contributed by atoms with Crippen LogP contribution >= 0.6 is 0 Å². The fourth-order valence-corrected chi connectivity index (χ4v) is 1.93. The summed E-state index contributed by atoms with van der Waals surface area (Å²) >= 11 is 0.